The van der Waals surface area contributed by atoms with Crippen molar-refractivity contribution >= 4 is 0 Å². The maximum Gasteiger partial charge on any atom is 0.00949 e. The van der Waals surface area contributed by atoms with Crippen molar-refractivity contribution in [3.63, 3.8) is 0 Å². The molecule has 2 aliphatic carbocycles. The van der Waals surface area contributed by atoms with Gasteiger partial charge in [0.25, 0.3) is 0 Å². The molecule has 2 unspecified atom stereocenters. The summed E-state index contributed by atoms with van der Waals surface area (Å²) < 4.78 is 0. The SMILES string of the molecule is CC1CCCC(N(C)CC2(CN)CCCCC2)C1. The van der Waals surface area contributed by atoms with Crippen molar-refractivity contribution in [2.45, 2.75) is 70.8 Å². The molecule has 0 aromatic rings. The van der Waals surface area contributed by atoms with Gasteiger partial charge < -0.3 is 10.6 Å². The first-order valence-electron chi connectivity index (χ1n) is 8.05. The fourth-order valence-corrected chi connectivity index (χ4v) is 4.19. The van der Waals surface area contributed by atoms with Crippen LogP contribution in [0.15, 0.2) is 0 Å². The first kappa shape index (κ1) is 14.3. The van der Waals surface area contributed by atoms with Crippen LogP contribution in [-0.4, -0.2) is 31.1 Å². The second-order valence-corrected chi connectivity index (χ2v) is 7.11. The highest BCUT2D eigenvalue weighted by Gasteiger charge is 2.34. The van der Waals surface area contributed by atoms with Crippen molar-refractivity contribution in [3.05, 3.63) is 0 Å². The van der Waals surface area contributed by atoms with E-state index in [4.69, 9.17) is 5.73 Å². The van der Waals surface area contributed by atoms with Crippen LogP contribution in [-0.2, 0) is 0 Å². The van der Waals surface area contributed by atoms with E-state index in [1.807, 2.05) is 0 Å². The van der Waals surface area contributed by atoms with Crippen molar-refractivity contribution in [1.29, 1.82) is 0 Å². The van der Waals surface area contributed by atoms with Crippen molar-refractivity contribution in [3.8, 4) is 0 Å². The van der Waals surface area contributed by atoms with Crippen LogP contribution in [0.3, 0.4) is 0 Å². The molecule has 2 saturated carbocycles. The van der Waals surface area contributed by atoms with E-state index in [0.717, 1.165) is 18.5 Å². The van der Waals surface area contributed by atoms with Crippen molar-refractivity contribution in [2.75, 3.05) is 20.1 Å². The first-order chi connectivity index (χ1) is 8.65. The third kappa shape index (κ3) is 3.48. The van der Waals surface area contributed by atoms with Crippen LogP contribution >= 0.6 is 0 Å². The van der Waals surface area contributed by atoms with E-state index in [1.165, 1.54) is 64.3 Å². The average molecular weight is 252 g/mol. The average Bonchev–Trinajstić information content (AvgIpc) is 2.40. The lowest BCUT2D eigenvalue weighted by molar-refractivity contribution is 0.0778. The smallest absolute Gasteiger partial charge is 0.00949 e. The molecule has 0 aromatic carbocycles. The molecule has 2 heteroatoms. The monoisotopic (exact) mass is 252 g/mol. The second kappa shape index (κ2) is 6.38. The number of nitrogens with two attached hydrogens (primary N) is 1. The largest absolute Gasteiger partial charge is 0.330 e. The molecule has 0 heterocycles. The molecule has 0 amide bonds. The van der Waals surface area contributed by atoms with Crippen molar-refractivity contribution < 1.29 is 0 Å². The summed E-state index contributed by atoms with van der Waals surface area (Å²) >= 11 is 0. The highest BCUT2D eigenvalue weighted by molar-refractivity contribution is 4.88. The van der Waals surface area contributed by atoms with Crippen LogP contribution in [0.4, 0.5) is 0 Å². The normalized spacial score (nSPS) is 32.7. The van der Waals surface area contributed by atoms with E-state index in [1.54, 1.807) is 0 Å². The molecule has 106 valence electrons. The predicted molar refractivity (Wildman–Crippen MR) is 78.6 cm³/mol. The summed E-state index contributed by atoms with van der Waals surface area (Å²) in [5, 5.41) is 0. The summed E-state index contributed by atoms with van der Waals surface area (Å²) in [6, 6.07) is 0.819. The van der Waals surface area contributed by atoms with Gasteiger partial charge in [-0.25, -0.2) is 0 Å². The van der Waals surface area contributed by atoms with Crippen LogP contribution in [0.2, 0.25) is 0 Å². The Balaban J connectivity index is 1.89. The van der Waals surface area contributed by atoms with E-state index < -0.39 is 0 Å². The molecule has 0 bridgehead atoms. The highest BCUT2D eigenvalue weighted by atomic mass is 15.1. The van der Waals surface area contributed by atoms with E-state index in [-0.39, 0.29) is 0 Å². The first-order valence-corrected chi connectivity index (χ1v) is 8.05. The van der Waals surface area contributed by atoms with Crippen LogP contribution in [0.1, 0.15) is 64.7 Å². The Kier molecular flexibility index (Phi) is 5.08. The lowest BCUT2D eigenvalue weighted by Gasteiger charge is -2.43. The second-order valence-electron chi connectivity index (χ2n) is 7.11. The van der Waals surface area contributed by atoms with Gasteiger partial charge in [-0.05, 0) is 50.6 Å². The molecule has 2 atom stereocenters. The zero-order chi connectivity index (χ0) is 13.0. The molecule has 2 aliphatic rings. The predicted octanol–water partition coefficient (Wildman–Crippen LogP) is 3.41. The molecule has 2 N–H and O–H groups in total. The zero-order valence-corrected chi connectivity index (χ0v) is 12.5. The Morgan fingerprint density at radius 2 is 1.83 bits per heavy atom. The van der Waals surface area contributed by atoms with Gasteiger partial charge in [0.2, 0.25) is 0 Å². The highest BCUT2D eigenvalue weighted by Crippen LogP contribution is 2.37. The third-order valence-electron chi connectivity index (χ3n) is 5.46. The summed E-state index contributed by atoms with van der Waals surface area (Å²) in [6.07, 6.45) is 12.6. The Bertz CT molecular complexity index is 245. The van der Waals surface area contributed by atoms with Crippen LogP contribution < -0.4 is 5.73 Å². The fraction of sp³-hybridized carbons (Fsp3) is 1.00. The minimum Gasteiger partial charge on any atom is -0.330 e. The Hall–Kier alpha value is -0.0800. The molecule has 2 rings (SSSR count). The quantitative estimate of drug-likeness (QED) is 0.831. The minimum atomic E-state index is 0.438. The van der Waals surface area contributed by atoms with Crippen molar-refractivity contribution in [2.24, 2.45) is 17.1 Å². The van der Waals surface area contributed by atoms with Crippen LogP contribution in [0.5, 0.6) is 0 Å². The molecule has 0 saturated heterocycles. The van der Waals surface area contributed by atoms with Gasteiger partial charge in [-0.3, -0.25) is 0 Å². The van der Waals surface area contributed by atoms with E-state index >= 15 is 0 Å². The van der Waals surface area contributed by atoms with Gasteiger partial charge in [0, 0.05) is 12.6 Å². The van der Waals surface area contributed by atoms with Gasteiger partial charge in [0.15, 0.2) is 0 Å². The molecule has 18 heavy (non-hydrogen) atoms. The summed E-state index contributed by atoms with van der Waals surface area (Å²) in [5.74, 6) is 0.923. The fourth-order valence-electron chi connectivity index (χ4n) is 4.19. The molecular weight excluding hydrogens is 220 g/mol. The number of hydrogen-bond acceptors (Lipinski definition) is 2. The van der Waals surface area contributed by atoms with E-state index in [2.05, 4.69) is 18.9 Å². The topological polar surface area (TPSA) is 29.3 Å². The number of hydrogen-bond donors (Lipinski definition) is 1. The third-order valence-corrected chi connectivity index (χ3v) is 5.46. The molecule has 2 nitrogen and oxygen atoms in total. The van der Waals surface area contributed by atoms with E-state index in [0.29, 0.717) is 5.41 Å². The minimum absolute atomic E-state index is 0.438. The number of nitrogens with zero attached hydrogens (tertiary/aromatic N) is 1. The summed E-state index contributed by atoms with van der Waals surface area (Å²) in [5.41, 5.74) is 6.55. The molecule has 0 spiro atoms. The van der Waals surface area contributed by atoms with Gasteiger partial charge in [0.1, 0.15) is 0 Å². The zero-order valence-electron chi connectivity index (χ0n) is 12.5. The summed E-state index contributed by atoms with van der Waals surface area (Å²) in [4.78, 5) is 2.65. The maximum absolute atomic E-state index is 6.12. The van der Waals surface area contributed by atoms with Crippen molar-refractivity contribution in [1.82, 2.24) is 4.90 Å². The van der Waals surface area contributed by atoms with Gasteiger partial charge in [-0.2, -0.15) is 0 Å². The molecular formula is C16H32N2. The van der Waals surface area contributed by atoms with Crippen LogP contribution in [0.25, 0.3) is 0 Å². The van der Waals surface area contributed by atoms with Gasteiger partial charge in [0.05, 0.1) is 0 Å². The Morgan fingerprint density at radius 1 is 1.11 bits per heavy atom. The lowest BCUT2D eigenvalue weighted by Crippen LogP contribution is -2.47. The van der Waals surface area contributed by atoms with Gasteiger partial charge in [-0.15, -0.1) is 0 Å². The number of rotatable bonds is 4. The van der Waals surface area contributed by atoms with E-state index in [9.17, 15) is 0 Å². The molecule has 0 aliphatic heterocycles. The van der Waals surface area contributed by atoms with Gasteiger partial charge in [-0.1, -0.05) is 39.0 Å². The summed E-state index contributed by atoms with van der Waals surface area (Å²) in [7, 11) is 2.34. The molecule has 0 aromatic heterocycles. The Labute approximate surface area is 113 Å². The summed E-state index contributed by atoms with van der Waals surface area (Å²) in [6.45, 7) is 4.54. The lowest BCUT2D eigenvalue weighted by atomic mass is 9.73. The molecule has 0 radical (unpaired) electrons. The maximum atomic E-state index is 6.12. The molecule has 2 fully saturated rings. The van der Waals surface area contributed by atoms with Crippen LogP contribution in [0, 0.1) is 11.3 Å². The Morgan fingerprint density at radius 3 is 2.44 bits per heavy atom. The van der Waals surface area contributed by atoms with Gasteiger partial charge >= 0.3 is 0 Å². The standard InChI is InChI=1S/C16H32N2/c1-14-7-6-8-15(11-14)18(2)13-16(12-17)9-4-3-5-10-16/h14-15H,3-13,17H2,1-2H3.